The minimum atomic E-state index is -0.497. The van der Waals surface area contributed by atoms with Crippen LogP contribution in [0.5, 0.6) is 5.75 Å². The zero-order valence-electron chi connectivity index (χ0n) is 11.9. The Morgan fingerprint density at radius 2 is 1.89 bits per heavy atom. The number of para-hydroxylation sites is 1. The molecule has 0 spiro atoms. The Labute approximate surface area is 109 Å². The predicted octanol–water partition coefficient (Wildman–Crippen LogP) is 3.60. The van der Waals surface area contributed by atoms with E-state index in [1.807, 2.05) is 46.8 Å². The molecule has 100 valence electrons. The Morgan fingerprint density at radius 1 is 1.22 bits per heavy atom. The highest BCUT2D eigenvalue weighted by Crippen LogP contribution is 2.26. The van der Waals surface area contributed by atoms with E-state index >= 15 is 0 Å². The van der Waals surface area contributed by atoms with Crippen LogP contribution in [0.2, 0.25) is 0 Å². The lowest BCUT2D eigenvalue weighted by Gasteiger charge is -2.21. The molecule has 0 atom stereocenters. The van der Waals surface area contributed by atoms with Crippen molar-refractivity contribution in [1.82, 2.24) is 0 Å². The normalized spacial score (nSPS) is 11.2. The number of esters is 1. The standard InChI is InChI=1S/C15H22O3/c1-6-11-9-8-10-12(13(11)17-7-2)14(16)18-15(3,4)5/h8-10H,6-7H2,1-5H3. The Balaban J connectivity index is 3.11. The molecule has 0 saturated carbocycles. The number of ether oxygens (including phenoxy) is 2. The summed E-state index contributed by atoms with van der Waals surface area (Å²) < 4.78 is 11.0. The highest BCUT2D eigenvalue weighted by molar-refractivity contribution is 5.93. The van der Waals surface area contributed by atoms with Gasteiger partial charge in [-0.15, -0.1) is 0 Å². The maximum atomic E-state index is 12.1. The first-order chi connectivity index (χ1) is 8.39. The summed E-state index contributed by atoms with van der Waals surface area (Å²) in [6.45, 7) is 10.0. The van der Waals surface area contributed by atoms with Gasteiger partial charge in [0.25, 0.3) is 0 Å². The largest absolute Gasteiger partial charge is 0.493 e. The minimum absolute atomic E-state index is 0.332. The van der Waals surface area contributed by atoms with Crippen molar-refractivity contribution >= 4 is 5.97 Å². The second kappa shape index (κ2) is 5.89. The van der Waals surface area contributed by atoms with E-state index in [0.29, 0.717) is 17.9 Å². The van der Waals surface area contributed by atoms with Crippen molar-refractivity contribution in [3.05, 3.63) is 29.3 Å². The zero-order chi connectivity index (χ0) is 13.8. The van der Waals surface area contributed by atoms with Gasteiger partial charge >= 0.3 is 5.97 Å². The van der Waals surface area contributed by atoms with Gasteiger partial charge in [0.05, 0.1) is 6.61 Å². The fourth-order valence-electron chi connectivity index (χ4n) is 1.67. The molecule has 0 heterocycles. The van der Waals surface area contributed by atoms with Crippen molar-refractivity contribution in [2.45, 2.75) is 46.6 Å². The summed E-state index contributed by atoms with van der Waals surface area (Å²) in [7, 11) is 0. The number of carbonyl (C=O) groups is 1. The summed E-state index contributed by atoms with van der Waals surface area (Å²) in [6, 6.07) is 5.58. The van der Waals surface area contributed by atoms with Gasteiger partial charge < -0.3 is 9.47 Å². The minimum Gasteiger partial charge on any atom is -0.493 e. The second-order valence-electron chi connectivity index (χ2n) is 5.08. The van der Waals surface area contributed by atoms with E-state index in [2.05, 4.69) is 0 Å². The molecule has 0 radical (unpaired) electrons. The summed E-state index contributed by atoms with van der Waals surface area (Å²) in [6.07, 6.45) is 0.825. The number of carbonyl (C=O) groups excluding carboxylic acids is 1. The molecule has 18 heavy (non-hydrogen) atoms. The lowest BCUT2D eigenvalue weighted by molar-refractivity contribution is 0.00658. The number of rotatable bonds is 4. The third kappa shape index (κ3) is 3.76. The summed E-state index contributed by atoms with van der Waals surface area (Å²) >= 11 is 0. The first kappa shape index (κ1) is 14.6. The molecule has 0 aromatic heterocycles. The molecule has 0 N–H and O–H groups in total. The van der Waals surface area contributed by atoms with Crippen LogP contribution < -0.4 is 4.74 Å². The molecule has 0 amide bonds. The molecule has 3 nitrogen and oxygen atoms in total. The van der Waals surface area contributed by atoms with E-state index in [-0.39, 0.29) is 5.97 Å². The molecule has 0 saturated heterocycles. The molecule has 0 aliphatic carbocycles. The number of benzene rings is 1. The maximum absolute atomic E-state index is 12.1. The van der Waals surface area contributed by atoms with Gasteiger partial charge in [-0.3, -0.25) is 0 Å². The molecule has 0 fully saturated rings. The summed E-state index contributed by atoms with van der Waals surface area (Å²) in [4.78, 5) is 12.1. The zero-order valence-corrected chi connectivity index (χ0v) is 11.9. The van der Waals surface area contributed by atoms with E-state index < -0.39 is 5.60 Å². The van der Waals surface area contributed by atoms with E-state index in [9.17, 15) is 4.79 Å². The van der Waals surface area contributed by atoms with Crippen LogP contribution in [0.3, 0.4) is 0 Å². The van der Waals surface area contributed by atoms with Crippen molar-refractivity contribution < 1.29 is 14.3 Å². The van der Waals surface area contributed by atoms with Gasteiger partial charge in [-0.1, -0.05) is 19.1 Å². The molecule has 1 aromatic carbocycles. The highest BCUT2D eigenvalue weighted by Gasteiger charge is 2.22. The average Bonchev–Trinajstić information content (AvgIpc) is 2.27. The van der Waals surface area contributed by atoms with Crippen LogP contribution in [0, 0.1) is 0 Å². The monoisotopic (exact) mass is 250 g/mol. The van der Waals surface area contributed by atoms with Crippen LogP contribution in [0.15, 0.2) is 18.2 Å². The summed E-state index contributed by atoms with van der Waals surface area (Å²) in [5.74, 6) is 0.318. The van der Waals surface area contributed by atoms with E-state index in [4.69, 9.17) is 9.47 Å². The third-order valence-electron chi connectivity index (χ3n) is 2.38. The van der Waals surface area contributed by atoms with Crippen molar-refractivity contribution in [3.63, 3.8) is 0 Å². The van der Waals surface area contributed by atoms with Gasteiger partial charge in [0.15, 0.2) is 0 Å². The first-order valence-corrected chi connectivity index (χ1v) is 6.37. The molecule has 1 rings (SSSR count). The quantitative estimate of drug-likeness (QED) is 0.766. The molecule has 1 aromatic rings. The lowest BCUT2D eigenvalue weighted by Crippen LogP contribution is -2.24. The molecule has 0 aliphatic rings. The number of hydrogen-bond donors (Lipinski definition) is 0. The third-order valence-corrected chi connectivity index (χ3v) is 2.38. The van der Waals surface area contributed by atoms with Gasteiger partial charge in [-0.25, -0.2) is 4.79 Å². The topological polar surface area (TPSA) is 35.5 Å². The van der Waals surface area contributed by atoms with Crippen molar-refractivity contribution in [2.24, 2.45) is 0 Å². The van der Waals surface area contributed by atoms with Crippen LogP contribution in [-0.4, -0.2) is 18.2 Å². The lowest BCUT2D eigenvalue weighted by atomic mass is 10.1. The number of hydrogen-bond acceptors (Lipinski definition) is 3. The molecule has 3 heteroatoms. The second-order valence-corrected chi connectivity index (χ2v) is 5.08. The van der Waals surface area contributed by atoms with Crippen molar-refractivity contribution in [2.75, 3.05) is 6.61 Å². The van der Waals surface area contributed by atoms with Crippen molar-refractivity contribution in [3.8, 4) is 5.75 Å². The van der Waals surface area contributed by atoms with Gasteiger partial charge in [-0.05, 0) is 45.7 Å². The average molecular weight is 250 g/mol. The van der Waals surface area contributed by atoms with Gasteiger partial charge in [0, 0.05) is 0 Å². The van der Waals surface area contributed by atoms with Crippen LogP contribution in [-0.2, 0) is 11.2 Å². The Kier molecular flexibility index (Phi) is 4.76. The van der Waals surface area contributed by atoms with E-state index in [1.54, 1.807) is 6.07 Å². The molecule has 0 unspecified atom stereocenters. The molecule has 0 aliphatic heterocycles. The predicted molar refractivity (Wildman–Crippen MR) is 72.2 cm³/mol. The first-order valence-electron chi connectivity index (χ1n) is 6.37. The highest BCUT2D eigenvalue weighted by atomic mass is 16.6. The van der Waals surface area contributed by atoms with Crippen LogP contribution in [0.1, 0.15) is 50.5 Å². The molecule has 0 bridgehead atoms. The smallest absolute Gasteiger partial charge is 0.342 e. The van der Waals surface area contributed by atoms with E-state index in [0.717, 1.165) is 12.0 Å². The van der Waals surface area contributed by atoms with Gasteiger partial charge in [0.1, 0.15) is 16.9 Å². The van der Waals surface area contributed by atoms with Gasteiger partial charge in [0.2, 0.25) is 0 Å². The summed E-state index contributed by atoms with van der Waals surface area (Å²) in [5, 5.41) is 0. The Morgan fingerprint density at radius 3 is 2.39 bits per heavy atom. The SMILES string of the molecule is CCOc1c(CC)cccc1C(=O)OC(C)(C)C. The fraction of sp³-hybridized carbons (Fsp3) is 0.533. The fourth-order valence-corrected chi connectivity index (χ4v) is 1.67. The van der Waals surface area contributed by atoms with Crippen molar-refractivity contribution in [1.29, 1.82) is 0 Å². The Hall–Kier alpha value is -1.51. The summed E-state index contributed by atoms with van der Waals surface area (Å²) in [5.41, 5.74) is 1.04. The number of aryl methyl sites for hydroxylation is 1. The van der Waals surface area contributed by atoms with Gasteiger partial charge in [-0.2, -0.15) is 0 Å². The molecular formula is C15H22O3. The maximum Gasteiger partial charge on any atom is 0.342 e. The van der Waals surface area contributed by atoms with Crippen LogP contribution >= 0.6 is 0 Å². The van der Waals surface area contributed by atoms with E-state index in [1.165, 1.54) is 0 Å². The molecular weight excluding hydrogens is 228 g/mol. The van der Waals surface area contributed by atoms with Crippen LogP contribution in [0.4, 0.5) is 0 Å². The van der Waals surface area contributed by atoms with Crippen LogP contribution in [0.25, 0.3) is 0 Å². The Bertz CT molecular complexity index is 416.